The zero-order valence-corrected chi connectivity index (χ0v) is 16.8. The first-order chi connectivity index (χ1) is 13.2. The van der Waals surface area contributed by atoms with Crippen molar-refractivity contribution in [3.63, 3.8) is 0 Å². The van der Waals surface area contributed by atoms with Crippen LogP contribution in [0, 0.1) is 11.2 Å². The number of benzene rings is 2. The van der Waals surface area contributed by atoms with Gasteiger partial charge in [-0.15, -0.1) is 0 Å². The molecular weight excluding hydrogens is 357 g/mol. The number of halogens is 1. The van der Waals surface area contributed by atoms with Gasteiger partial charge in [-0.05, 0) is 48.2 Å². The third-order valence-electron chi connectivity index (χ3n) is 4.28. The summed E-state index contributed by atoms with van der Waals surface area (Å²) in [6.45, 7) is 8.65. The first-order valence-electron chi connectivity index (χ1n) is 9.37. The maximum atomic E-state index is 13.2. The van der Waals surface area contributed by atoms with Gasteiger partial charge in [0, 0.05) is 23.8 Å². The Bertz CT molecular complexity index is 813. The fourth-order valence-corrected chi connectivity index (χ4v) is 2.98. The van der Waals surface area contributed by atoms with E-state index in [-0.39, 0.29) is 35.6 Å². The lowest BCUT2D eigenvalue weighted by Crippen LogP contribution is -2.37. The number of nitrogens with one attached hydrogen (secondary N) is 3. The molecule has 6 heteroatoms. The number of anilines is 1. The normalized spacial score (nSPS) is 12.3. The average molecular weight is 385 g/mol. The molecule has 5 nitrogen and oxygen atoms in total. The molecule has 0 aliphatic heterocycles. The van der Waals surface area contributed by atoms with E-state index in [9.17, 15) is 14.0 Å². The number of hydrogen-bond acceptors (Lipinski definition) is 3. The zero-order chi connectivity index (χ0) is 20.7. The monoisotopic (exact) mass is 385 g/mol. The molecule has 3 N–H and O–H groups in total. The molecule has 150 valence electrons. The SMILES string of the molecule is CCNC(=O)c1cccc(NC(=O)CNC(c2ccc(F)cc2)C(C)(C)C)c1. The number of carbonyl (C=O) groups is 2. The molecule has 0 bridgehead atoms. The lowest BCUT2D eigenvalue weighted by molar-refractivity contribution is -0.115. The molecule has 0 spiro atoms. The van der Waals surface area contributed by atoms with Gasteiger partial charge in [-0.25, -0.2) is 4.39 Å². The first-order valence-corrected chi connectivity index (χ1v) is 9.37. The minimum absolute atomic E-state index is 0.0880. The second kappa shape index (κ2) is 9.46. The first kappa shape index (κ1) is 21.6. The molecular formula is C22H28FN3O2. The smallest absolute Gasteiger partial charge is 0.251 e. The van der Waals surface area contributed by atoms with Crippen LogP contribution in [0.1, 0.15) is 49.7 Å². The highest BCUT2D eigenvalue weighted by molar-refractivity contribution is 5.97. The van der Waals surface area contributed by atoms with Gasteiger partial charge in [0.05, 0.1) is 6.54 Å². The quantitative estimate of drug-likeness (QED) is 0.677. The number of hydrogen-bond donors (Lipinski definition) is 3. The highest BCUT2D eigenvalue weighted by atomic mass is 19.1. The van der Waals surface area contributed by atoms with Gasteiger partial charge < -0.3 is 16.0 Å². The van der Waals surface area contributed by atoms with Crippen LogP contribution in [-0.2, 0) is 4.79 Å². The Labute approximate surface area is 165 Å². The van der Waals surface area contributed by atoms with Crippen molar-refractivity contribution in [3.8, 4) is 0 Å². The van der Waals surface area contributed by atoms with Crippen molar-refractivity contribution in [2.45, 2.75) is 33.7 Å². The minimum Gasteiger partial charge on any atom is -0.352 e. The Morgan fingerprint density at radius 1 is 1.07 bits per heavy atom. The van der Waals surface area contributed by atoms with Gasteiger partial charge in [0.1, 0.15) is 5.82 Å². The van der Waals surface area contributed by atoms with Gasteiger partial charge in [-0.1, -0.05) is 39.0 Å². The van der Waals surface area contributed by atoms with E-state index in [0.717, 1.165) is 5.56 Å². The van der Waals surface area contributed by atoms with Crippen molar-refractivity contribution in [3.05, 3.63) is 65.5 Å². The molecule has 1 unspecified atom stereocenters. The Morgan fingerprint density at radius 2 is 1.75 bits per heavy atom. The van der Waals surface area contributed by atoms with Gasteiger partial charge >= 0.3 is 0 Å². The van der Waals surface area contributed by atoms with Crippen LogP contribution < -0.4 is 16.0 Å². The van der Waals surface area contributed by atoms with Gasteiger partial charge in [0.2, 0.25) is 5.91 Å². The highest BCUT2D eigenvalue weighted by Gasteiger charge is 2.26. The van der Waals surface area contributed by atoms with Crippen LogP contribution in [0.3, 0.4) is 0 Å². The van der Waals surface area contributed by atoms with Crippen molar-refractivity contribution in [2.24, 2.45) is 5.41 Å². The Morgan fingerprint density at radius 3 is 2.36 bits per heavy atom. The van der Waals surface area contributed by atoms with Crippen molar-refractivity contribution in [2.75, 3.05) is 18.4 Å². The molecule has 0 heterocycles. The van der Waals surface area contributed by atoms with E-state index >= 15 is 0 Å². The molecule has 2 amide bonds. The third-order valence-corrected chi connectivity index (χ3v) is 4.28. The van der Waals surface area contributed by atoms with Crippen molar-refractivity contribution in [1.29, 1.82) is 0 Å². The molecule has 0 aliphatic carbocycles. The molecule has 2 rings (SSSR count). The van der Waals surface area contributed by atoms with Crippen molar-refractivity contribution < 1.29 is 14.0 Å². The topological polar surface area (TPSA) is 70.2 Å². The predicted octanol–water partition coefficient (Wildman–Crippen LogP) is 3.89. The molecule has 2 aromatic carbocycles. The molecule has 0 saturated heterocycles. The lowest BCUT2D eigenvalue weighted by Gasteiger charge is -2.32. The average Bonchev–Trinajstić information content (AvgIpc) is 2.62. The zero-order valence-electron chi connectivity index (χ0n) is 16.8. The summed E-state index contributed by atoms with van der Waals surface area (Å²) in [6, 6.07) is 13.0. The van der Waals surface area contributed by atoms with Crippen LogP contribution in [0.2, 0.25) is 0 Å². The van der Waals surface area contributed by atoms with Crippen LogP contribution in [0.4, 0.5) is 10.1 Å². The van der Waals surface area contributed by atoms with Crippen LogP contribution in [0.25, 0.3) is 0 Å². The van der Waals surface area contributed by atoms with Crippen molar-refractivity contribution >= 4 is 17.5 Å². The molecule has 0 radical (unpaired) electrons. The molecule has 2 aromatic rings. The van der Waals surface area contributed by atoms with Crippen LogP contribution in [-0.4, -0.2) is 24.9 Å². The van der Waals surface area contributed by atoms with E-state index in [0.29, 0.717) is 17.8 Å². The van der Waals surface area contributed by atoms with Gasteiger partial charge in [0.15, 0.2) is 0 Å². The van der Waals surface area contributed by atoms with E-state index < -0.39 is 0 Å². The summed E-state index contributed by atoms with van der Waals surface area (Å²) in [4.78, 5) is 24.3. The van der Waals surface area contributed by atoms with E-state index in [1.54, 1.807) is 36.4 Å². The van der Waals surface area contributed by atoms with E-state index in [4.69, 9.17) is 0 Å². The number of rotatable bonds is 7. The summed E-state index contributed by atoms with van der Waals surface area (Å²) in [7, 11) is 0. The molecule has 0 saturated carbocycles. The van der Waals surface area contributed by atoms with Gasteiger partial charge in [-0.2, -0.15) is 0 Å². The van der Waals surface area contributed by atoms with Crippen molar-refractivity contribution in [1.82, 2.24) is 10.6 Å². The number of amides is 2. The standard InChI is InChI=1S/C22H28FN3O2/c1-5-24-21(28)16-7-6-8-18(13-16)26-19(27)14-25-20(22(2,3)4)15-9-11-17(23)12-10-15/h6-13,20,25H,5,14H2,1-4H3,(H,24,28)(H,26,27). The van der Waals surface area contributed by atoms with E-state index in [2.05, 4.69) is 36.7 Å². The second-order valence-electron chi connectivity index (χ2n) is 7.72. The molecule has 0 aliphatic rings. The Kier molecular flexibility index (Phi) is 7.29. The fourth-order valence-electron chi connectivity index (χ4n) is 2.98. The highest BCUT2D eigenvalue weighted by Crippen LogP contribution is 2.32. The summed E-state index contributed by atoms with van der Waals surface area (Å²) in [5, 5.41) is 8.80. The third kappa shape index (κ3) is 6.16. The summed E-state index contributed by atoms with van der Waals surface area (Å²) < 4.78 is 13.2. The fraction of sp³-hybridized carbons (Fsp3) is 0.364. The van der Waals surface area contributed by atoms with E-state index in [1.165, 1.54) is 12.1 Å². The maximum absolute atomic E-state index is 13.2. The molecule has 0 aromatic heterocycles. The minimum atomic E-state index is -0.291. The largest absolute Gasteiger partial charge is 0.352 e. The summed E-state index contributed by atoms with van der Waals surface area (Å²) in [5.41, 5.74) is 1.80. The molecule has 28 heavy (non-hydrogen) atoms. The second-order valence-corrected chi connectivity index (χ2v) is 7.72. The van der Waals surface area contributed by atoms with Crippen LogP contribution in [0.5, 0.6) is 0 Å². The molecule has 1 atom stereocenters. The maximum Gasteiger partial charge on any atom is 0.251 e. The van der Waals surface area contributed by atoms with Gasteiger partial charge in [0.25, 0.3) is 5.91 Å². The Hall–Kier alpha value is -2.73. The molecule has 0 fully saturated rings. The summed E-state index contributed by atoms with van der Waals surface area (Å²) in [5.74, 6) is -0.689. The van der Waals surface area contributed by atoms with E-state index in [1.807, 2.05) is 6.92 Å². The summed E-state index contributed by atoms with van der Waals surface area (Å²) >= 11 is 0. The Balaban J connectivity index is 2.02. The van der Waals surface area contributed by atoms with Gasteiger partial charge in [-0.3, -0.25) is 9.59 Å². The van der Waals surface area contributed by atoms with Crippen LogP contribution in [0.15, 0.2) is 48.5 Å². The lowest BCUT2D eigenvalue weighted by atomic mass is 9.82. The predicted molar refractivity (Wildman–Crippen MR) is 110 cm³/mol. The number of carbonyl (C=O) groups excluding carboxylic acids is 2. The summed E-state index contributed by atoms with van der Waals surface area (Å²) in [6.07, 6.45) is 0. The van der Waals surface area contributed by atoms with Crippen LogP contribution >= 0.6 is 0 Å².